The van der Waals surface area contributed by atoms with Gasteiger partial charge in [0, 0.05) is 5.56 Å². The van der Waals surface area contributed by atoms with E-state index in [1.54, 1.807) is 0 Å². The van der Waals surface area contributed by atoms with Crippen LogP contribution in [0.3, 0.4) is 0 Å². The zero-order valence-electron chi connectivity index (χ0n) is 7.98. The Labute approximate surface area is 94.9 Å². The first-order chi connectivity index (χ1) is 7.70. The maximum atomic E-state index is 12.9. The van der Waals surface area contributed by atoms with Crippen LogP contribution >= 0.6 is 11.6 Å². The van der Waals surface area contributed by atoms with Gasteiger partial charge in [0.15, 0.2) is 0 Å². The van der Waals surface area contributed by atoms with E-state index in [0.717, 1.165) is 0 Å². The van der Waals surface area contributed by atoms with Crippen molar-refractivity contribution in [2.45, 2.75) is 6.61 Å². The van der Waals surface area contributed by atoms with Crippen LogP contribution in [0.1, 0.15) is 5.89 Å². The number of nitrogens with two attached hydrogens (primary N) is 1. The summed E-state index contributed by atoms with van der Waals surface area (Å²) in [4.78, 5) is 8.31. The van der Waals surface area contributed by atoms with E-state index in [9.17, 15) is 4.39 Å². The van der Waals surface area contributed by atoms with Crippen molar-refractivity contribution in [1.29, 1.82) is 0 Å². The van der Waals surface area contributed by atoms with Gasteiger partial charge < -0.3 is 4.52 Å². The van der Waals surface area contributed by atoms with E-state index in [1.165, 1.54) is 18.2 Å². The second kappa shape index (κ2) is 4.56. The average Bonchev–Trinajstić information content (AvgIpc) is 2.71. The molecule has 0 saturated carbocycles. The molecule has 2 N–H and O–H groups in total. The van der Waals surface area contributed by atoms with Gasteiger partial charge in [0.1, 0.15) is 12.4 Å². The molecular formula is C9H7ClFN3O2. The quantitative estimate of drug-likeness (QED) is 0.834. The first-order valence-corrected chi connectivity index (χ1v) is 4.68. The van der Waals surface area contributed by atoms with E-state index >= 15 is 0 Å². The van der Waals surface area contributed by atoms with Crippen molar-refractivity contribution in [3.63, 3.8) is 0 Å². The minimum Gasteiger partial charge on any atom is -0.336 e. The maximum absolute atomic E-state index is 12.9. The summed E-state index contributed by atoms with van der Waals surface area (Å²) >= 11 is 5.63. The normalized spacial score (nSPS) is 10.7. The Morgan fingerprint density at radius 2 is 2.31 bits per heavy atom. The van der Waals surface area contributed by atoms with Crippen LogP contribution in [0.5, 0.6) is 0 Å². The summed E-state index contributed by atoms with van der Waals surface area (Å²) in [7, 11) is 0. The van der Waals surface area contributed by atoms with Crippen LogP contribution in [0.25, 0.3) is 11.4 Å². The van der Waals surface area contributed by atoms with Gasteiger partial charge in [-0.15, -0.1) is 0 Å². The van der Waals surface area contributed by atoms with Gasteiger partial charge in [-0.2, -0.15) is 4.98 Å². The molecule has 0 radical (unpaired) electrons. The lowest BCUT2D eigenvalue weighted by molar-refractivity contribution is 0.0996. The molecule has 0 saturated heterocycles. The van der Waals surface area contributed by atoms with Crippen molar-refractivity contribution in [3.8, 4) is 11.4 Å². The maximum Gasteiger partial charge on any atom is 0.255 e. The van der Waals surface area contributed by atoms with E-state index in [4.69, 9.17) is 22.0 Å². The molecule has 0 aliphatic rings. The lowest BCUT2D eigenvalue weighted by atomic mass is 10.2. The molecule has 0 atom stereocenters. The number of benzene rings is 1. The number of hydrogen-bond donors (Lipinski definition) is 1. The molecule has 1 heterocycles. The van der Waals surface area contributed by atoms with Gasteiger partial charge in [0.05, 0.1) is 5.02 Å². The van der Waals surface area contributed by atoms with Crippen LogP contribution < -0.4 is 5.90 Å². The van der Waals surface area contributed by atoms with Gasteiger partial charge in [-0.1, -0.05) is 16.8 Å². The highest BCUT2D eigenvalue weighted by Crippen LogP contribution is 2.22. The molecule has 0 spiro atoms. The smallest absolute Gasteiger partial charge is 0.255 e. The van der Waals surface area contributed by atoms with Crippen LogP contribution in [-0.2, 0) is 11.4 Å². The molecular weight excluding hydrogens is 237 g/mol. The molecule has 5 nitrogen and oxygen atoms in total. The van der Waals surface area contributed by atoms with Gasteiger partial charge in [-0.05, 0) is 18.2 Å². The number of halogens is 2. The van der Waals surface area contributed by atoms with Gasteiger partial charge in [-0.25, -0.2) is 10.3 Å². The summed E-state index contributed by atoms with van der Waals surface area (Å²) in [5.74, 6) is 4.89. The number of aromatic nitrogens is 2. The van der Waals surface area contributed by atoms with E-state index in [1.807, 2.05) is 0 Å². The van der Waals surface area contributed by atoms with Crippen LogP contribution in [-0.4, -0.2) is 10.1 Å². The van der Waals surface area contributed by atoms with Gasteiger partial charge >= 0.3 is 0 Å². The van der Waals surface area contributed by atoms with Crippen molar-refractivity contribution >= 4 is 11.6 Å². The van der Waals surface area contributed by atoms with Crippen molar-refractivity contribution in [2.75, 3.05) is 0 Å². The average molecular weight is 244 g/mol. The molecule has 16 heavy (non-hydrogen) atoms. The highest BCUT2D eigenvalue weighted by molar-refractivity contribution is 6.31. The van der Waals surface area contributed by atoms with Gasteiger partial charge in [0.25, 0.3) is 5.89 Å². The molecule has 0 aliphatic carbocycles. The fourth-order valence-corrected chi connectivity index (χ4v) is 1.32. The fraction of sp³-hybridized carbons (Fsp3) is 0.111. The molecule has 0 unspecified atom stereocenters. The Hall–Kier alpha value is -1.50. The third kappa shape index (κ3) is 2.19. The predicted molar refractivity (Wildman–Crippen MR) is 53.7 cm³/mol. The Bertz CT molecular complexity index is 503. The zero-order valence-corrected chi connectivity index (χ0v) is 8.74. The highest BCUT2D eigenvalue weighted by Gasteiger charge is 2.10. The summed E-state index contributed by atoms with van der Waals surface area (Å²) in [6.45, 7) is 0.0158. The number of nitrogens with zero attached hydrogens (tertiary/aromatic N) is 2. The second-order valence-electron chi connectivity index (χ2n) is 2.95. The van der Waals surface area contributed by atoms with Crippen molar-refractivity contribution in [3.05, 3.63) is 34.9 Å². The summed E-state index contributed by atoms with van der Waals surface area (Å²) < 4.78 is 17.7. The van der Waals surface area contributed by atoms with Crippen LogP contribution in [0.4, 0.5) is 4.39 Å². The molecule has 0 amide bonds. The molecule has 0 bridgehead atoms. The molecule has 1 aromatic heterocycles. The largest absolute Gasteiger partial charge is 0.336 e. The minimum atomic E-state index is -0.501. The number of hydrogen-bond acceptors (Lipinski definition) is 5. The van der Waals surface area contributed by atoms with Gasteiger partial charge in [-0.3, -0.25) is 4.84 Å². The molecule has 84 valence electrons. The molecule has 7 heteroatoms. The first-order valence-electron chi connectivity index (χ1n) is 4.30. The Morgan fingerprint density at radius 3 is 3.00 bits per heavy atom. The summed E-state index contributed by atoms with van der Waals surface area (Å²) in [6.07, 6.45) is 0. The molecule has 2 rings (SSSR count). The highest BCUT2D eigenvalue weighted by atomic mass is 35.5. The predicted octanol–water partition coefficient (Wildman–Crippen LogP) is 1.92. The van der Waals surface area contributed by atoms with E-state index < -0.39 is 5.82 Å². The topological polar surface area (TPSA) is 74.2 Å². The molecule has 0 aliphatic heterocycles. The first kappa shape index (κ1) is 11.0. The van der Waals surface area contributed by atoms with Crippen LogP contribution in [0.15, 0.2) is 22.7 Å². The lowest BCUT2D eigenvalue weighted by Crippen LogP contribution is -1.98. The number of rotatable bonds is 3. The van der Waals surface area contributed by atoms with Gasteiger partial charge in [0.2, 0.25) is 5.82 Å². The van der Waals surface area contributed by atoms with Crippen LogP contribution in [0.2, 0.25) is 5.02 Å². The standard InChI is InChI=1S/C9H7ClFN3O2/c10-6-3-5(1-2-7(6)11)9-13-8(4-15-12)16-14-9/h1-3H,4,12H2. The Kier molecular flexibility index (Phi) is 3.14. The Balaban J connectivity index is 2.31. The van der Waals surface area contributed by atoms with E-state index in [0.29, 0.717) is 11.4 Å². The summed E-state index contributed by atoms with van der Waals surface area (Å²) in [5.41, 5.74) is 0.554. The third-order valence-electron chi connectivity index (χ3n) is 1.85. The van der Waals surface area contributed by atoms with Crippen molar-refractivity contribution in [2.24, 2.45) is 5.90 Å². The van der Waals surface area contributed by atoms with Crippen LogP contribution in [0, 0.1) is 5.82 Å². The molecule has 0 fully saturated rings. The SMILES string of the molecule is NOCc1nc(-c2ccc(F)c(Cl)c2)no1. The zero-order chi connectivity index (χ0) is 11.5. The fourth-order valence-electron chi connectivity index (χ4n) is 1.14. The van der Waals surface area contributed by atoms with Crippen molar-refractivity contribution < 1.29 is 13.8 Å². The lowest BCUT2D eigenvalue weighted by Gasteiger charge is -1.96. The molecule has 1 aromatic carbocycles. The third-order valence-corrected chi connectivity index (χ3v) is 2.14. The summed E-state index contributed by atoms with van der Waals surface area (Å²) in [5, 5.41) is 3.67. The monoisotopic (exact) mass is 243 g/mol. The van der Waals surface area contributed by atoms with Crippen molar-refractivity contribution in [1.82, 2.24) is 10.1 Å². The second-order valence-corrected chi connectivity index (χ2v) is 3.36. The van der Waals surface area contributed by atoms with E-state index in [2.05, 4.69) is 15.0 Å². The molecule has 2 aromatic rings. The Morgan fingerprint density at radius 1 is 1.50 bits per heavy atom. The van der Waals surface area contributed by atoms with E-state index in [-0.39, 0.29) is 17.5 Å². The summed E-state index contributed by atoms with van der Waals surface area (Å²) in [6, 6.07) is 4.14. The minimum absolute atomic E-state index is 0.000996.